The van der Waals surface area contributed by atoms with Crippen LogP contribution >= 0.6 is 7.60 Å². The second-order valence-electron chi connectivity index (χ2n) is 4.98. The zero-order chi connectivity index (χ0) is 15.2. The van der Waals surface area contributed by atoms with E-state index in [9.17, 15) is 13.0 Å². The molecule has 0 saturated heterocycles. The standard InChI is InChI=1S/C10H22O2S.CH5O3P/c1-6-8-10(5,7-2)13(11,12)9(3)4;1-5(2,3)4/h9H,6-8H2,1-5H3;1H3,(H2,2,3,4). The molecular weight excluding hydrogens is 275 g/mol. The Balaban J connectivity index is 0. The van der Waals surface area contributed by atoms with Crippen LogP contribution in [0.5, 0.6) is 0 Å². The van der Waals surface area contributed by atoms with E-state index >= 15 is 0 Å². The molecule has 0 fully saturated rings. The van der Waals surface area contributed by atoms with Crippen LogP contribution in [0.3, 0.4) is 0 Å². The maximum atomic E-state index is 12.0. The summed E-state index contributed by atoms with van der Waals surface area (Å²) in [5, 5.41) is -0.260. The summed E-state index contributed by atoms with van der Waals surface area (Å²) in [6.07, 6.45) is 2.40. The molecule has 0 amide bonds. The normalized spacial score (nSPS) is 15.8. The van der Waals surface area contributed by atoms with Gasteiger partial charge in [0.1, 0.15) is 0 Å². The van der Waals surface area contributed by atoms with Crippen molar-refractivity contribution < 1.29 is 22.8 Å². The fraction of sp³-hybridized carbons (Fsp3) is 1.00. The molecule has 0 saturated carbocycles. The highest BCUT2D eigenvalue weighted by molar-refractivity contribution is 7.93. The molecule has 112 valence electrons. The molecule has 1 atom stereocenters. The van der Waals surface area contributed by atoms with Gasteiger partial charge >= 0.3 is 7.60 Å². The quantitative estimate of drug-likeness (QED) is 0.762. The molecule has 5 nitrogen and oxygen atoms in total. The summed E-state index contributed by atoms with van der Waals surface area (Å²) in [5.74, 6) is 0. The Labute approximate surface area is 111 Å². The van der Waals surface area contributed by atoms with Crippen LogP contribution in [0, 0.1) is 0 Å². The number of hydrogen-bond donors (Lipinski definition) is 2. The van der Waals surface area contributed by atoms with Gasteiger partial charge in [0.15, 0.2) is 9.84 Å². The lowest BCUT2D eigenvalue weighted by molar-refractivity contribution is 0.381. The molecule has 0 aromatic rings. The number of rotatable bonds is 5. The Morgan fingerprint density at radius 1 is 1.22 bits per heavy atom. The van der Waals surface area contributed by atoms with Crippen molar-refractivity contribution in [2.24, 2.45) is 0 Å². The van der Waals surface area contributed by atoms with Crippen molar-refractivity contribution in [3.05, 3.63) is 0 Å². The number of sulfone groups is 1. The van der Waals surface area contributed by atoms with Gasteiger partial charge in [-0.25, -0.2) is 8.42 Å². The molecule has 7 heteroatoms. The molecule has 0 heterocycles. The predicted molar refractivity (Wildman–Crippen MR) is 75.6 cm³/mol. The molecule has 0 spiro atoms. The maximum absolute atomic E-state index is 12.0. The summed E-state index contributed by atoms with van der Waals surface area (Å²) in [7, 11) is -6.59. The van der Waals surface area contributed by atoms with Crippen LogP contribution in [0.15, 0.2) is 0 Å². The summed E-state index contributed by atoms with van der Waals surface area (Å²) < 4.78 is 32.8. The minimum Gasteiger partial charge on any atom is -0.325 e. The third-order valence-electron chi connectivity index (χ3n) is 2.83. The van der Waals surface area contributed by atoms with Crippen LogP contribution in [-0.4, -0.2) is 34.9 Å². The molecular formula is C11H27O5PS. The summed E-state index contributed by atoms with van der Waals surface area (Å²) in [5.41, 5.74) is 0. The molecule has 0 aromatic heterocycles. The second kappa shape index (κ2) is 7.63. The van der Waals surface area contributed by atoms with Crippen molar-refractivity contribution in [3.63, 3.8) is 0 Å². The average Bonchev–Trinajstić information content (AvgIpc) is 2.14. The van der Waals surface area contributed by atoms with Crippen LogP contribution in [0.4, 0.5) is 0 Å². The van der Waals surface area contributed by atoms with Crippen molar-refractivity contribution in [3.8, 4) is 0 Å². The van der Waals surface area contributed by atoms with E-state index in [1.165, 1.54) is 0 Å². The van der Waals surface area contributed by atoms with E-state index in [4.69, 9.17) is 9.79 Å². The fourth-order valence-electron chi connectivity index (χ4n) is 1.62. The van der Waals surface area contributed by atoms with E-state index in [1.807, 2.05) is 20.8 Å². The van der Waals surface area contributed by atoms with Gasteiger partial charge in [-0.05, 0) is 33.6 Å². The van der Waals surface area contributed by atoms with Gasteiger partial charge in [0.05, 0.1) is 10.00 Å². The minimum atomic E-state index is -3.64. The van der Waals surface area contributed by atoms with Gasteiger partial charge < -0.3 is 9.79 Å². The second-order valence-corrected chi connectivity index (χ2v) is 9.67. The van der Waals surface area contributed by atoms with Crippen molar-refractivity contribution in [1.29, 1.82) is 0 Å². The Morgan fingerprint density at radius 2 is 1.56 bits per heavy atom. The molecule has 18 heavy (non-hydrogen) atoms. The Bertz CT molecular complexity index is 363. The summed E-state index contributed by atoms with van der Waals surface area (Å²) in [6.45, 7) is 10.2. The molecule has 0 aromatic carbocycles. The lowest BCUT2D eigenvalue weighted by atomic mass is 10.0. The van der Waals surface area contributed by atoms with Crippen molar-refractivity contribution >= 4 is 17.4 Å². The van der Waals surface area contributed by atoms with Gasteiger partial charge in [0, 0.05) is 6.66 Å². The summed E-state index contributed by atoms with van der Waals surface area (Å²) in [4.78, 5) is 15.3. The first kappa shape index (κ1) is 20.4. The molecule has 0 bridgehead atoms. The van der Waals surface area contributed by atoms with Crippen molar-refractivity contribution in [1.82, 2.24) is 0 Å². The lowest BCUT2D eigenvalue weighted by Crippen LogP contribution is -2.39. The van der Waals surface area contributed by atoms with Crippen LogP contribution < -0.4 is 0 Å². The van der Waals surface area contributed by atoms with Gasteiger partial charge in [0.2, 0.25) is 0 Å². The zero-order valence-electron chi connectivity index (χ0n) is 12.2. The van der Waals surface area contributed by atoms with Crippen LogP contribution in [0.2, 0.25) is 0 Å². The smallest absolute Gasteiger partial charge is 0.322 e. The third-order valence-corrected chi connectivity index (χ3v) is 5.94. The fourth-order valence-corrected chi connectivity index (χ4v) is 3.65. The molecule has 0 aliphatic carbocycles. The van der Waals surface area contributed by atoms with Gasteiger partial charge in [-0.1, -0.05) is 20.3 Å². The van der Waals surface area contributed by atoms with E-state index in [1.54, 1.807) is 13.8 Å². The van der Waals surface area contributed by atoms with Crippen LogP contribution in [-0.2, 0) is 14.4 Å². The third kappa shape index (κ3) is 7.52. The van der Waals surface area contributed by atoms with Crippen LogP contribution in [0.25, 0.3) is 0 Å². The lowest BCUT2D eigenvalue weighted by Gasteiger charge is -2.29. The monoisotopic (exact) mass is 302 g/mol. The Morgan fingerprint density at radius 3 is 1.72 bits per heavy atom. The van der Waals surface area contributed by atoms with E-state index in [2.05, 4.69) is 0 Å². The first-order valence-electron chi connectivity index (χ1n) is 6.08. The topological polar surface area (TPSA) is 91.7 Å². The molecule has 1 unspecified atom stereocenters. The van der Waals surface area contributed by atoms with Gasteiger partial charge in [0.25, 0.3) is 0 Å². The summed E-state index contributed by atoms with van der Waals surface area (Å²) in [6, 6.07) is 0. The van der Waals surface area contributed by atoms with E-state index in [0.717, 1.165) is 19.5 Å². The number of hydrogen-bond acceptors (Lipinski definition) is 3. The molecule has 2 N–H and O–H groups in total. The van der Waals surface area contributed by atoms with Crippen LogP contribution in [0.1, 0.15) is 53.9 Å². The highest BCUT2D eigenvalue weighted by atomic mass is 32.2. The van der Waals surface area contributed by atoms with Crippen molar-refractivity contribution in [2.45, 2.75) is 63.9 Å². The van der Waals surface area contributed by atoms with E-state index in [-0.39, 0.29) is 5.25 Å². The Kier molecular flexibility index (Phi) is 8.66. The average molecular weight is 302 g/mol. The van der Waals surface area contributed by atoms with Crippen molar-refractivity contribution in [2.75, 3.05) is 6.66 Å². The zero-order valence-corrected chi connectivity index (χ0v) is 13.9. The molecule has 0 radical (unpaired) electrons. The highest BCUT2D eigenvalue weighted by Gasteiger charge is 2.38. The molecule has 0 rings (SSSR count). The molecule has 0 aliphatic heterocycles. The SMILES string of the molecule is CCCC(C)(CC)S(=O)(=O)C(C)C.CP(=O)(O)O. The van der Waals surface area contributed by atoms with Gasteiger partial charge in [-0.15, -0.1) is 0 Å². The first-order valence-corrected chi connectivity index (χ1v) is 9.68. The highest BCUT2D eigenvalue weighted by Crippen LogP contribution is 2.30. The summed E-state index contributed by atoms with van der Waals surface area (Å²) >= 11 is 0. The van der Waals surface area contributed by atoms with Gasteiger partial charge in [-0.2, -0.15) is 0 Å². The minimum absolute atomic E-state index is 0.260. The first-order chi connectivity index (χ1) is 7.81. The largest absolute Gasteiger partial charge is 0.325 e. The predicted octanol–water partition coefficient (Wildman–Crippen LogP) is 2.57. The van der Waals surface area contributed by atoms with E-state index in [0.29, 0.717) is 6.42 Å². The maximum Gasteiger partial charge on any atom is 0.322 e. The van der Waals surface area contributed by atoms with Gasteiger partial charge in [-0.3, -0.25) is 4.57 Å². The molecule has 0 aliphatic rings. The Hall–Kier alpha value is 0.1000. The van der Waals surface area contributed by atoms with E-state index < -0.39 is 22.2 Å².